The van der Waals surface area contributed by atoms with Crippen LogP contribution < -0.4 is 5.32 Å². The first kappa shape index (κ1) is 17.6. The lowest BCUT2D eigenvalue weighted by molar-refractivity contribution is -0.127. The van der Waals surface area contributed by atoms with Crippen molar-refractivity contribution in [3.05, 3.63) is 35.4 Å². The molecule has 136 valence electrons. The van der Waals surface area contributed by atoms with E-state index in [0.717, 1.165) is 12.5 Å². The van der Waals surface area contributed by atoms with E-state index in [1.165, 1.54) is 17.0 Å². The fourth-order valence-corrected chi connectivity index (χ4v) is 3.43. The summed E-state index contributed by atoms with van der Waals surface area (Å²) in [6.07, 6.45) is 2.79. The Kier molecular flexibility index (Phi) is 4.67. The van der Waals surface area contributed by atoms with Gasteiger partial charge in [0.25, 0.3) is 0 Å². The highest BCUT2D eigenvalue weighted by Crippen LogP contribution is 2.46. The molecule has 3 rings (SSSR count). The molecular formula is C18H23F2N3O2. The Morgan fingerprint density at radius 3 is 2.40 bits per heavy atom. The summed E-state index contributed by atoms with van der Waals surface area (Å²) in [7, 11) is 3.37. The predicted molar refractivity (Wildman–Crippen MR) is 88.8 cm³/mol. The number of urea groups is 1. The Labute approximate surface area is 146 Å². The molecule has 5 nitrogen and oxygen atoms in total. The van der Waals surface area contributed by atoms with Crippen LogP contribution >= 0.6 is 0 Å². The van der Waals surface area contributed by atoms with Gasteiger partial charge in [-0.1, -0.05) is 0 Å². The monoisotopic (exact) mass is 351 g/mol. The molecule has 1 aliphatic carbocycles. The summed E-state index contributed by atoms with van der Waals surface area (Å²) in [5, 5.41) is 2.97. The first-order valence-corrected chi connectivity index (χ1v) is 8.55. The van der Waals surface area contributed by atoms with Gasteiger partial charge in [-0.05, 0) is 43.4 Å². The maximum absolute atomic E-state index is 13.5. The SMILES string of the molecule is CN(C)C(=O)N1CCCC(C(=O)NC2(c3cc(F)cc(F)c3)CC2)C1. The van der Waals surface area contributed by atoms with Crippen LogP contribution in [0.4, 0.5) is 13.6 Å². The Morgan fingerprint density at radius 1 is 1.20 bits per heavy atom. The molecule has 1 aromatic carbocycles. The van der Waals surface area contributed by atoms with Crippen LogP contribution in [0, 0.1) is 17.6 Å². The number of likely N-dealkylation sites (tertiary alicyclic amines) is 1. The van der Waals surface area contributed by atoms with Crippen molar-refractivity contribution < 1.29 is 18.4 Å². The quantitative estimate of drug-likeness (QED) is 0.910. The molecule has 1 aliphatic heterocycles. The average molecular weight is 351 g/mol. The van der Waals surface area contributed by atoms with Gasteiger partial charge in [0.2, 0.25) is 5.91 Å². The first-order valence-electron chi connectivity index (χ1n) is 8.55. The molecule has 0 aromatic heterocycles. The molecule has 0 radical (unpaired) electrons. The molecule has 1 atom stereocenters. The lowest BCUT2D eigenvalue weighted by atomic mass is 9.95. The van der Waals surface area contributed by atoms with Crippen LogP contribution in [-0.2, 0) is 10.3 Å². The number of carbonyl (C=O) groups is 2. The highest BCUT2D eigenvalue weighted by Gasteiger charge is 2.47. The summed E-state index contributed by atoms with van der Waals surface area (Å²) in [5.74, 6) is -1.74. The van der Waals surface area contributed by atoms with Gasteiger partial charge in [-0.15, -0.1) is 0 Å². The topological polar surface area (TPSA) is 52.7 Å². The van der Waals surface area contributed by atoms with Crippen molar-refractivity contribution in [1.29, 1.82) is 0 Å². The minimum absolute atomic E-state index is 0.106. The Bertz CT molecular complexity index is 669. The molecule has 7 heteroatoms. The number of nitrogens with zero attached hydrogens (tertiary/aromatic N) is 2. The van der Waals surface area contributed by atoms with Gasteiger partial charge in [0.05, 0.1) is 11.5 Å². The molecular weight excluding hydrogens is 328 g/mol. The molecule has 25 heavy (non-hydrogen) atoms. The highest BCUT2D eigenvalue weighted by molar-refractivity contribution is 5.82. The minimum atomic E-state index is -0.673. The number of rotatable bonds is 3. The number of benzene rings is 1. The summed E-state index contributed by atoms with van der Waals surface area (Å²) >= 11 is 0. The summed E-state index contributed by atoms with van der Waals surface area (Å²) in [5.41, 5.74) is -0.205. The van der Waals surface area contributed by atoms with E-state index in [-0.39, 0.29) is 17.9 Å². The maximum atomic E-state index is 13.5. The largest absolute Gasteiger partial charge is 0.346 e. The molecule has 0 spiro atoms. The Balaban J connectivity index is 1.68. The van der Waals surface area contributed by atoms with E-state index in [0.29, 0.717) is 37.9 Å². The van der Waals surface area contributed by atoms with Crippen LogP contribution in [0.25, 0.3) is 0 Å². The lowest BCUT2D eigenvalue weighted by Crippen LogP contribution is -2.50. The van der Waals surface area contributed by atoms with Crippen molar-refractivity contribution in [3.8, 4) is 0 Å². The van der Waals surface area contributed by atoms with Crippen molar-refractivity contribution in [1.82, 2.24) is 15.1 Å². The van der Waals surface area contributed by atoms with E-state index >= 15 is 0 Å². The molecule has 1 saturated heterocycles. The second-order valence-corrected chi connectivity index (χ2v) is 7.19. The number of hydrogen-bond acceptors (Lipinski definition) is 2. The summed E-state index contributed by atoms with van der Waals surface area (Å²) < 4.78 is 27.0. The molecule has 1 heterocycles. The van der Waals surface area contributed by atoms with Crippen LogP contribution in [0.3, 0.4) is 0 Å². The summed E-state index contributed by atoms with van der Waals surface area (Å²) in [4.78, 5) is 28.0. The van der Waals surface area contributed by atoms with E-state index < -0.39 is 17.2 Å². The Hall–Kier alpha value is -2.18. The lowest BCUT2D eigenvalue weighted by Gasteiger charge is -2.34. The van der Waals surface area contributed by atoms with E-state index in [9.17, 15) is 18.4 Å². The van der Waals surface area contributed by atoms with E-state index in [2.05, 4.69) is 5.32 Å². The van der Waals surface area contributed by atoms with Crippen molar-refractivity contribution in [2.75, 3.05) is 27.2 Å². The minimum Gasteiger partial charge on any atom is -0.346 e. The van der Waals surface area contributed by atoms with Crippen LogP contribution in [-0.4, -0.2) is 48.9 Å². The van der Waals surface area contributed by atoms with Gasteiger partial charge in [-0.25, -0.2) is 13.6 Å². The molecule has 1 saturated carbocycles. The molecule has 2 fully saturated rings. The van der Waals surface area contributed by atoms with E-state index in [1.807, 2.05) is 0 Å². The molecule has 1 aromatic rings. The van der Waals surface area contributed by atoms with Crippen molar-refractivity contribution in [2.45, 2.75) is 31.2 Å². The van der Waals surface area contributed by atoms with Gasteiger partial charge in [0.15, 0.2) is 0 Å². The number of halogens is 2. The van der Waals surface area contributed by atoms with Crippen molar-refractivity contribution >= 4 is 11.9 Å². The van der Waals surface area contributed by atoms with Gasteiger partial charge >= 0.3 is 6.03 Å². The van der Waals surface area contributed by atoms with Crippen LogP contribution in [0.5, 0.6) is 0 Å². The zero-order valence-electron chi connectivity index (χ0n) is 14.5. The third-order valence-corrected chi connectivity index (χ3v) is 4.97. The van der Waals surface area contributed by atoms with Crippen molar-refractivity contribution in [2.24, 2.45) is 5.92 Å². The van der Waals surface area contributed by atoms with Gasteiger partial charge in [-0.3, -0.25) is 4.79 Å². The smallest absolute Gasteiger partial charge is 0.319 e. The molecule has 1 unspecified atom stereocenters. The molecule has 3 amide bonds. The predicted octanol–water partition coefficient (Wildman–Crippen LogP) is 2.46. The fourth-order valence-electron chi connectivity index (χ4n) is 3.43. The molecule has 2 aliphatic rings. The van der Waals surface area contributed by atoms with Crippen molar-refractivity contribution in [3.63, 3.8) is 0 Å². The van der Waals surface area contributed by atoms with Gasteiger partial charge in [0.1, 0.15) is 11.6 Å². The third-order valence-electron chi connectivity index (χ3n) is 4.97. The third kappa shape index (κ3) is 3.75. The first-order chi connectivity index (χ1) is 11.8. The fraction of sp³-hybridized carbons (Fsp3) is 0.556. The second-order valence-electron chi connectivity index (χ2n) is 7.19. The standard InChI is InChI=1S/C18H23F2N3O2/c1-22(2)17(25)23-7-3-4-12(11-23)16(24)21-18(5-6-18)13-8-14(19)10-15(20)9-13/h8-10,12H,3-7,11H2,1-2H3,(H,21,24). The maximum Gasteiger partial charge on any atom is 0.319 e. The zero-order valence-corrected chi connectivity index (χ0v) is 14.5. The van der Waals surface area contributed by atoms with E-state index in [4.69, 9.17) is 0 Å². The number of amides is 3. The number of nitrogens with one attached hydrogen (secondary N) is 1. The van der Waals surface area contributed by atoms with Crippen LogP contribution in [0.1, 0.15) is 31.2 Å². The number of carbonyl (C=O) groups excluding carboxylic acids is 2. The average Bonchev–Trinajstić information content (AvgIpc) is 3.34. The molecule has 1 N–H and O–H groups in total. The van der Waals surface area contributed by atoms with Crippen LogP contribution in [0.2, 0.25) is 0 Å². The summed E-state index contributed by atoms with van der Waals surface area (Å²) in [6.45, 7) is 1.01. The van der Waals surface area contributed by atoms with Crippen LogP contribution in [0.15, 0.2) is 18.2 Å². The normalized spacial score (nSPS) is 21.6. The second kappa shape index (κ2) is 6.61. The number of piperidine rings is 1. The van der Waals surface area contributed by atoms with Gasteiger partial charge in [0, 0.05) is 33.3 Å². The summed E-state index contributed by atoms with van der Waals surface area (Å²) in [6, 6.07) is 3.27. The van der Waals surface area contributed by atoms with E-state index in [1.54, 1.807) is 19.0 Å². The highest BCUT2D eigenvalue weighted by atomic mass is 19.1. The Morgan fingerprint density at radius 2 is 1.84 bits per heavy atom. The van der Waals surface area contributed by atoms with Gasteiger partial charge < -0.3 is 15.1 Å². The number of hydrogen-bond donors (Lipinski definition) is 1. The van der Waals surface area contributed by atoms with Gasteiger partial charge in [-0.2, -0.15) is 0 Å². The zero-order chi connectivity index (χ0) is 18.2. The molecule has 0 bridgehead atoms.